The van der Waals surface area contributed by atoms with Gasteiger partial charge < -0.3 is 19.2 Å². The molecule has 0 fully saturated rings. The highest BCUT2D eigenvalue weighted by Crippen LogP contribution is 2.25. The second-order valence-electron chi connectivity index (χ2n) is 6.19. The molecule has 3 rings (SSSR count). The predicted octanol–water partition coefficient (Wildman–Crippen LogP) is 4.21. The van der Waals surface area contributed by atoms with Crippen molar-refractivity contribution in [3.05, 3.63) is 72.2 Å². The topological polar surface area (TPSA) is 77.8 Å². The minimum absolute atomic E-state index is 0.192. The third-order valence-corrected chi connectivity index (χ3v) is 4.10. The van der Waals surface area contributed by atoms with Gasteiger partial charge in [-0.1, -0.05) is 18.2 Å². The van der Waals surface area contributed by atoms with Gasteiger partial charge in [-0.15, -0.1) is 0 Å². The summed E-state index contributed by atoms with van der Waals surface area (Å²) < 4.78 is 29.3. The van der Waals surface area contributed by atoms with Crippen molar-refractivity contribution in [1.29, 1.82) is 0 Å². The lowest BCUT2D eigenvalue weighted by Crippen LogP contribution is -2.14. The van der Waals surface area contributed by atoms with Gasteiger partial charge in [0.05, 0.1) is 12.7 Å². The third-order valence-electron chi connectivity index (χ3n) is 4.10. The molecule has 0 unspecified atom stereocenters. The van der Waals surface area contributed by atoms with Crippen LogP contribution in [0.1, 0.15) is 12.2 Å². The predicted molar refractivity (Wildman–Crippen MR) is 105 cm³/mol. The summed E-state index contributed by atoms with van der Waals surface area (Å²) in [6, 6.07) is 16.5. The van der Waals surface area contributed by atoms with Gasteiger partial charge in [0.15, 0.2) is 6.61 Å². The Kier molecular flexibility index (Phi) is 6.63. The number of methoxy groups -OCH3 is 1. The van der Waals surface area contributed by atoms with E-state index < -0.39 is 5.97 Å². The number of anilines is 1. The van der Waals surface area contributed by atoms with E-state index in [0.29, 0.717) is 34.9 Å². The summed E-state index contributed by atoms with van der Waals surface area (Å²) in [5.41, 5.74) is 0.927. The van der Waals surface area contributed by atoms with Crippen molar-refractivity contribution in [2.45, 2.75) is 12.8 Å². The first-order chi connectivity index (χ1) is 14.0. The van der Waals surface area contributed by atoms with Gasteiger partial charge in [0.25, 0.3) is 0 Å². The maximum Gasteiger partial charge on any atom is 0.343 e. The van der Waals surface area contributed by atoms with Crippen LogP contribution in [-0.4, -0.2) is 25.6 Å². The number of hydrogen-bond acceptors (Lipinski definition) is 5. The number of furan rings is 1. The van der Waals surface area contributed by atoms with Crippen LogP contribution in [0, 0.1) is 5.82 Å². The highest BCUT2D eigenvalue weighted by molar-refractivity contribution is 5.91. The molecule has 0 bridgehead atoms. The van der Waals surface area contributed by atoms with Crippen molar-refractivity contribution in [1.82, 2.24) is 0 Å². The molecule has 0 radical (unpaired) electrons. The smallest absolute Gasteiger partial charge is 0.343 e. The summed E-state index contributed by atoms with van der Waals surface area (Å²) in [5, 5.41) is 2.77. The van der Waals surface area contributed by atoms with Gasteiger partial charge in [0, 0.05) is 24.6 Å². The summed E-state index contributed by atoms with van der Waals surface area (Å²) in [4.78, 5) is 23.3. The van der Waals surface area contributed by atoms with Crippen LogP contribution in [0.4, 0.5) is 10.1 Å². The first-order valence-electron chi connectivity index (χ1n) is 8.98. The van der Waals surface area contributed by atoms with E-state index >= 15 is 0 Å². The summed E-state index contributed by atoms with van der Waals surface area (Å²) >= 11 is 0. The van der Waals surface area contributed by atoms with E-state index in [9.17, 15) is 14.0 Å². The van der Waals surface area contributed by atoms with Crippen molar-refractivity contribution in [3.8, 4) is 17.1 Å². The number of nitrogens with one attached hydrogen (secondary N) is 1. The highest BCUT2D eigenvalue weighted by Gasteiger charge is 2.11. The van der Waals surface area contributed by atoms with Crippen LogP contribution in [0.5, 0.6) is 5.75 Å². The molecule has 3 aromatic rings. The summed E-state index contributed by atoms with van der Waals surface area (Å²) in [6.07, 6.45) is 0.566. The van der Waals surface area contributed by atoms with Gasteiger partial charge in [-0.05, 0) is 36.4 Å². The van der Waals surface area contributed by atoms with Gasteiger partial charge in [0.1, 0.15) is 23.1 Å². The number of rotatable bonds is 8. The molecule has 0 aliphatic heterocycles. The molecule has 0 aliphatic rings. The largest absolute Gasteiger partial charge is 0.482 e. The standard InChI is InChI=1S/C22H20FNO5/c1-27-22(26)14-28-17-6-4-5-15(13-17)24-21(25)12-10-16-9-11-20(29-16)18-7-2-3-8-19(18)23/h2-9,11,13H,10,12,14H2,1H3,(H,24,25). The van der Waals surface area contributed by atoms with E-state index in [1.807, 2.05) is 0 Å². The third kappa shape index (κ3) is 5.68. The van der Waals surface area contributed by atoms with Gasteiger partial charge >= 0.3 is 5.97 Å². The number of ether oxygens (including phenoxy) is 2. The molecular formula is C22H20FNO5. The Balaban J connectivity index is 1.53. The minimum atomic E-state index is -0.493. The Morgan fingerprint density at radius 3 is 2.69 bits per heavy atom. The second kappa shape index (κ2) is 9.54. The Hall–Kier alpha value is -3.61. The first-order valence-corrected chi connectivity index (χ1v) is 8.98. The number of amides is 1. The molecule has 0 aliphatic carbocycles. The monoisotopic (exact) mass is 397 g/mol. The average molecular weight is 397 g/mol. The molecule has 7 heteroatoms. The number of aryl methyl sites for hydroxylation is 1. The van der Waals surface area contributed by atoms with E-state index in [1.54, 1.807) is 54.6 Å². The normalized spacial score (nSPS) is 10.4. The molecule has 0 spiro atoms. The fourth-order valence-electron chi connectivity index (χ4n) is 2.64. The van der Waals surface area contributed by atoms with Crippen LogP contribution < -0.4 is 10.1 Å². The van der Waals surface area contributed by atoms with Gasteiger partial charge in [-0.2, -0.15) is 0 Å². The Morgan fingerprint density at radius 2 is 1.90 bits per heavy atom. The molecular weight excluding hydrogens is 377 g/mol. The summed E-state index contributed by atoms with van der Waals surface area (Å²) in [5.74, 6) is 0.392. The zero-order chi connectivity index (χ0) is 20.6. The average Bonchev–Trinajstić information content (AvgIpc) is 3.20. The molecule has 0 saturated heterocycles. The number of carbonyl (C=O) groups is 2. The van der Waals surface area contributed by atoms with Crippen LogP contribution in [0.2, 0.25) is 0 Å². The molecule has 29 heavy (non-hydrogen) atoms. The van der Waals surface area contributed by atoms with Crippen molar-refractivity contribution in [3.63, 3.8) is 0 Å². The minimum Gasteiger partial charge on any atom is -0.482 e. The molecule has 6 nitrogen and oxygen atoms in total. The van der Waals surface area contributed by atoms with Gasteiger partial charge in [-0.3, -0.25) is 4.79 Å². The Labute approximate surface area is 167 Å². The zero-order valence-electron chi connectivity index (χ0n) is 15.8. The van der Waals surface area contributed by atoms with E-state index in [1.165, 1.54) is 13.2 Å². The van der Waals surface area contributed by atoms with Crippen LogP contribution in [0.25, 0.3) is 11.3 Å². The lowest BCUT2D eigenvalue weighted by atomic mass is 10.1. The molecule has 0 atom stereocenters. The highest BCUT2D eigenvalue weighted by atomic mass is 19.1. The van der Waals surface area contributed by atoms with Gasteiger partial charge in [0.2, 0.25) is 5.91 Å². The maximum absolute atomic E-state index is 13.8. The number of esters is 1. The maximum atomic E-state index is 13.8. The molecule has 1 aromatic heterocycles. The fraction of sp³-hybridized carbons (Fsp3) is 0.182. The Bertz CT molecular complexity index is 998. The van der Waals surface area contributed by atoms with E-state index in [4.69, 9.17) is 9.15 Å². The van der Waals surface area contributed by atoms with E-state index in [0.717, 1.165) is 0 Å². The van der Waals surface area contributed by atoms with Crippen LogP contribution in [-0.2, 0) is 20.7 Å². The van der Waals surface area contributed by atoms with Crippen molar-refractivity contribution in [2.24, 2.45) is 0 Å². The quantitative estimate of drug-likeness (QED) is 0.576. The lowest BCUT2D eigenvalue weighted by Gasteiger charge is -2.08. The molecule has 2 aromatic carbocycles. The fourth-order valence-corrected chi connectivity index (χ4v) is 2.64. The number of benzene rings is 2. The van der Waals surface area contributed by atoms with E-state index in [-0.39, 0.29) is 24.8 Å². The Morgan fingerprint density at radius 1 is 1.07 bits per heavy atom. The van der Waals surface area contributed by atoms with Crippen LogP contribution >= 0.6 is 0 Å². The first kappa shape index (κ1) is 20.1. The molecule has 1 amide bonds. The van der Waals surface area contributed by atoms with Crippen molar-refractivity contribution < 1.29 is 27.9 Å². The zero-order valence-corrected chi connectivity index (χ0v) is 15.8. The molecule has 0 saturated carbocycles. The lowest BCUT2D eigenvalue weighted by molar-refractivity contribution is -0.142. The van der Waals surface area contributed by atoms with Gasteiger partial charge in [-0.25, -0.2) is 9.18 Å². The second-order valence-corrected chi connectivity index (χ2v) is 6.19. The number of halogens is 1. The van der Waals surface area contributed by atoms with Crippen molar-refractivity contribution in [2.75, 3.05) is 19.0 Å². The van der Waals surface area contributed by atoms with E-state index in [2.05, 4.69) is 10.1 Å². The number of carbonyl (C=O) groups excluding carboxylic acids is 2. The van der Waals surface area contributed by atoms with Crippen LogP contribution in [0.15, 0.2) is 65.1 Å². The molecule has 1 N–H and O–H groups in total. The number of hydrogen-bond donors (Lipinski definition) is 1. The molecule has 1 heterocycles. The van der Waals surface area contributed by atoms with Crippen molar-refractivity contribution >= 4 is 17.6 Å². The SMILES string of the molecule is COC(=O)COc1cccc(NC(=O)CCc2ccc(-c3ccccc3F)o2)c1. The summed E-state index contributed by atoms with van der Waals surface area (Å²) in [7, 11) is 1.28. The summed E-state index contributed by atoms with van der Waals surface area (Å²) in [6.45, 7) is -0.212. The molecule has 150 valence electrons. The van der Waals surface area contributed by atoms with Crippen LogP contribution in [0.3, 0.4) is 0 Å².